The minimum atomic E-state index is -0.544. The fraction of sp³-hybridized carbons (Fsp3) is 0.0588. The van der Waals surface area contributed by atoms with Gasteiger partial charge in [-0.1, -0.05) is 6.07 Å². The van der Waals surface area contributed by atoms with Crippen molar-refractivity contribution in [2.45, 2.75) is 0 Å². The molecule has 3 rings (SSSR count). The molecule has 0 saturated carbocycles. The number of amides is 3. The van der Waals surface area contributed by atoms with Gasteiger partial charge in [0.15, 0.2) is 5.69 Å². The summed E-state index contributed by atoms with van der Waals surface area (Å²) < 4.78 is 1.58. The molecule has 2 heterocycles. The molecule has 8 heteroatoms. The molecule has 25 heavy (non-hydrogen) atoms. The van der Waals surface area contributed by atoms with Gasteiger partial charge < -0.3 is 16.4 Å². The van der Waals surface area contributed by atoms with Gasteiger partial charge in [0.2, 0.25) is 11.8 Å². The highest BCUT2D eigenvalue weighted by Crippen LogP contribution is 2.09. The van der Waals surface area contributed by atoms with Crippen molar-refractivity contribution in [3.63, 3.8) is 0 Å². The van der Waals surface area contributed by atoms with Crippen LogP contribution < -0.4 is 16.4 Å². The molecule has 0 unspecified atom stereocenters. The largest absolute Gasteiger partial charge is 0.366 e. The summed E-state index contributed by atoms with van der Waals surface area (Å²) in [5.41, 5.74) is 7.00. The van der Waals surface area contributed by atoms with E-state index in [1.165, 1.54) is 12.1 Å². The Hall–Kier alpha value is -3.68. The first kappa shape index (κ1) is 16.2. The fourth-order valence-electron chi connectivity index (χ4n) is 2.22. The van der Waals surface area contributed by atoms with Gasteiger partial charge >= 0.3 is 0 Å². The van der Waals surface area contributed by atoms with Gasteiger partial charge in [-0.15, -0.1) is 0 Å². The lowest BCUT2D eigenvalue weighted by atomic mass is 10.2. The van der Waals surface area contributed by atoms with Crippen LogP contribution in [0.5, 0.6) is 0 Å². The van der Waals surface area contributed by atoms with Crippen LogP contribution in [0.3, 0.4) is 0 Å². The van der Waals surface area contributed by atoms with Crippen molar-refractivity contribution in [1.82, 2.24) is 14.9 Å². The van der Waals surface area contributed by atoms with E-state index in [0.29, 0.717) is 11.3 Å². The van der Waals surface area contributed by atoms with Crippen LogP contribution in [0, 0.1) is 0 Å². The van der Waals surface area contributed by atoms with Gasteiger partial charge in [-0.05, 0) is 42.5 Å². The summed E-state index contributed by atoms with van der Waals surface area (Å²) >= 11 is 0. The second-order valence-electron chi connectivity index (χ2n) is 5.27. The first-order chi connectivity index (χ1) is 12.0. The number of anilines is 1. The lowest BCUT2D eigenvalue weighted by Crippen LogP contribution is -2.33. The van der Waals surface area contributed by atoms with Crippen LogP contribution in [0.4, 0.5) is 5.69 Å². The molecule has 1 aromatic carbocycles. The lowest BCUT2D eigenvalue weighted by molar-refractivity contribution is -0.115. The minimum Gasteiger partial charge on any atom is -0.366 e. The van der Waals surface area contributed by atoms with Crippen molar-refractivity contribution in [2.24, 2.45) is 5.73 Å². The normalized spacial score (nSPS) is 10.4. The second kappa shape index (κ2) is 6.83. The number of aromatic nitrogens is 2. The number of hydrogen-bond donors (Lipinski definition) is 3. The second-order valence-corrected chi connectivity index (χ2v) is 5.27. The van der Waals surface area contributed by atoms with Crippen molar-refractivity contribution < 1.29 is 14.4 Å². The van der Waals surface area contributed by atoms with Crippen LogP contribution in [0.25, 0.3) is 5.52 Å². The summed E-state index contributed by atoms with van der Waals surface area (Å²) in [5, 5.41) is 9.25. The Labute approximate surface area is 142 Å². The number of nitrogens with two attached hydrogens (primary N) is 1. The predicted molar refractivity (Wildman–Crippen MR) is 91.1 cm³/mol. The zero-order chi connectivity index (χ0) is 17.8. The van der Waals surface area contributed by atoms with E-state index in [2.05, 4.69) is 15.7 Å². The number of primary amides is 1. The average Bonchev–Trinajstić information content (AvgIpc) is 3.04. The average molecular weight is 337 g/mol. The van der Waals surface area contributed by atoms with Crippen molar-refractivity contribution in [3.8, 4) is 0 Å². The highest BCUT2D eigenvalue weighted by molar-refractivity contribution is 5.99. The number of nitrogens with zero attached hydrogens (tertiary/aromatic N) is 2. The number of pyridine rings is 1. The van der Waals surface area contributed by atoms with Crippen molar-refractivity contribution >= 4 is 28.9 Å². The number of benzene rings is 1. The summed E-state index contributed by atoms with van der Waals surface area (Å²) in [6.07, 6.45) is 1.73. The zero-order valence-corrected chi connectivity index (χ0v) is 13.1. The van der Waals surface area contributed by atoms with Crippen LogP contribution in [0.1, 0.15) is 20.8 Å². The Kier molecular flexibility index (Phi) is 4.42. The van der Waals surface area contributed by atoms with Gasteiger partial charge in [0.1, 0.15) is 0 Å². The third-order valence-electron chi connectivity index (χ3n) is 3.47. The molecule has 0 radical (unpaired) electrons. The molecule has 0 atom stereocenters. The molecule has 3 amide bonds. The summed E-state index contributed by atoms with van der Waals surface area (Å²) in [6, 6.07) is 13.2. The van der Waals surface area contributed by atoms with E-state index in [1.54, 1.807) is 35.0 Å². The molecule has 0 spiro atoms. The van der Waals surface area contributed by atoms with Gasteiger partial charge in [-0.2, -0.15) is 5.10 Å². The molecule has 0 saturated heterocycles. The fourth-order valence-corrected chi connectivity index (χ4v) is 2.22. The van der Waals surface area contributed by atoms with Crippen LogP contribution in [0.15, 0.2) is 54.7 Å². The highest BCUT2D eigenvalue weighted by atomic mass is 16.2. The number of rotatable bonds is 5. The molecule has 2 aromatic heterocycles. The molecule has 0 bridgehead atoms. The van der Waals surface area contributed by atoms with Gasteiger partial charge in [-0.25, -0.2) is 4.52 Å². The van der Waals surface area contributed by atoms with E-state index < -0.39 is 17.7 Å². The van der Waals surface area contributed by atoms with Crippen molar-refractivity contribution in [3.05, 3.63) is 66.0 Å². The van der Waals surface area contributed by atoms with Crippen molar-refractivity contribution in [1.29, 1.82) is 0 Å². The Balaban J connectivity index is 1.56. The topological polar surface area (TPSA) is 119 Å². The first-order valence-electron chi connectivity index (χ1n) is 7.45. The smallest absolute Gasteiger partial charge is 0.272 e. The minimum absolute atomic E-state index is 0.204. The number of carbonyl (C=O) groups excluding carboxylic acids is 3. The van der Waals surface area contributed by atoms with Gasteiger partial charge in [0.25, 0.3) is 5.91 Å². The van der Waals surface area contributed by atoms with Crippen LogP contribution in [0.2, 0.25) is 0 Å². The molecule has 0 aliphatic rings. The number of fused-ring (bicyclic) bond motifs is 1. The molecule has 4 N–H and O–H groups in total. The maximum Gasteiger partial charge on any atom is 0.272 e. The summed E-state index contributed by atoms with van der Waals surface area (Å²) in [6.45, 7) is -0.204. The van der Waals surface area contributed by atoms with Crippen LogP contribution in [-0.4, -0.2) is 33.9 Å². The monoisotopic (exact) mass is 337 g/mol. The van der Waals surface area contributed by atoms with Crippen molar-refractivity contribution in [2.75, 3.05) is 11.9 Å². The predicted octanol–water partition coefficient (Wildman–Crippen LogP) is 0.802. The third-order valence-corrected chi connectivity index (χ3v) is 3.47. The quantitative estimate of drug-likeness (QED) is 0.638. The molecule has 3 aromatic rings. The Bertz CT molecular complexity index is 913. The maximum absolute atomic E-state index is 12.1. The van der Waals surface area contributed by atoms with Crippen LogP contribution >= 0.6 is 0 Å². The SMILES string of the molecule is NC(=O)c1ccc(NC(=O)CNC(=O)c2cc3ccccn3n2)cc1. The maximum atomic E-state index is 12.1. The van der Waals surface area contributed by atoms with E-state index in [9.17, 15) is 14.4 Å². The highest BCUT2D eigenvalue weighted by Gasteiger charge is 2.12. The van der Waals surface area contributed by atoms with Crippen LogP contribution in [-0.2, 0) is 4.79 Å². The Morgan fingerprint density at radius 2 is 1.84 bits per heavy atom. The molecule has 0 aliphatic heterocycles. The molecule has 0 aliphatic carbocycles. The van der Waals surface area contributed by atoms with E-state index >= 15 is 0 Å². The van der Waals surface area contributed by atoms with E-state index in [1.807, 2.05) is 12.1 Å². The Morgan fingerprint density at radius 3 is 2.52 bits per heavy atom. The zero-order valence-electron chi connectivity index (χ0n) is 13.1. The Morgan fingerprint density at radius 1 is 1.08 bits per heavy atom. The van der Waals surface area contributed by atoms with Gasteiger partial charge in [0, 0.05) is 17.4 Å². The van der Waals surface area contributed by atoms with E-state index in [-0.39, 0.29) is 12.2 Å². The summed E-state index contributed by atoms with van der Waals surface area (Å²) in [4.78, 5) is 35.0. The first-order valence-corrected chi connectivity index (χ1v) is 7.45. The van der Waals surface area contributed by atoms with E-state index in [0.717, 1.165) is 5.52 Å². The molecular weight excluding hydrogens is 322 g/mol. The summed E-state index contributed by atoms with van der Waals surface area (Å²) in [5.74, 6) is -1.38. The number of carbonyl (C=O) groups is 3. The molecular formula is C17H15N5O3. The number of nitrogens with one attached hydrogen (secondary N) is 2. The van der Waals surface area contributed by atoms with E-state index in [4.69, 9.17) is 5.73 Å². The lowest BCUT2D eigenvalue weighted by Gasteiger charge is -2.06. The standard InChI is InChI=1S/C17H15N5O3/c18-16(24)11-4-6-12(7-5-11)20-15(23)10-19-17(25)14-9-13-3-1-2-8-22(13)21-14/h1-9H,10H2,(H2,18,24)(H,19,25)(H,20,23). The third kappa shape index (κ3) is 3.81. The van der Waals surface area contributed by atoms with Gasteiger partial charge in [0.05, 0.1) is 12.1 Å². The number of hydrogen-bond acceptors (Lipinski definition) is 4. The molecule has 0 fully saturated rings. The molecule has 8 nitrogen and oxygen atoms in total. The summed E-state index contributed by atoms with van der Waals surface area (Å²) in [7, 11) is 0. The van der Waals surface area contributed by atoms with Gasteiger partial charge in [-0.3, -0.25) is 14.4 Å². The molecule has 126 valence electrons.